The predicted octanol–water partition coefficient (Wildman–Crippen LogP) is 9.71. The summed E-state index contributed by atoms with van der Waals surface area (Å²) < 4.78 is 1.33. The molecule has 1 N–H and O–H groups in total. The first-order valence-corrected chi connectivity index (χ1v) is 13.0. The number of hydrogen-bond donors (Lipinski definition) is 1. The van der Waals surface area contributed by atoms with Gasteiger partial charge in [-0.05, 0) is 29.2 Å². The zero-order chi connectivity index (χ0) is 26.2. The average molecular weight is 593 g/mol. The summed E-state index contributed by atoms with van der Waals surface area (Å²) in [5.74, 6) is 0.789. The Hall–Kier alpha value is -1.61. The van der Waals surface area contributed by atoms with E-state index in [1.54, 1.807) is 6.07 Å². The third-order valence-electron chi connectivity index (χ3n) is 6.11. The normalized spacial score (nSPS) is 14.1. The molecular weight excluding hydrogens is 555 g/mol. The molecule has 0 fully saturated rings. The van der Waals surface area contributed by atoms with E-state index in [9.17, 15) is 5.11 Å². The van der Waals surface area contributed by atoms with Gasteiger partial charge in [-0.25, -0.2) is 5.57 Å². The van der Waals surface area contributed by atoms with Crippen LogP contribution in [0, 0.1) is 12.0 Å². The molecule has 0 amide bonds. The summed E-state index contributed by atoms with van der Waals surface area (Å²) in [4.78, 5) is 0. The molecule has 5 heteroatoms. The summed E-state index contributed by atoms with van der Waals surface area (Å²) in [6.07, 6.45) is 3.36. The van der Waals surface area contributed by atoms with Crippen LogP contribution in [0.2, 0.25) is 5.02 Å². The molecule has 0 spiro atoms. The fourth-order valence-corrected chi connectivity index (χ4v) is 4.30. The molecule has 1 nitrogen and oxygen atoms in total. The van der Waals surface area contributed by atoms with E-state index in [1.165, 1.54) is 37.7 Å². The second-order valence-corrected chi connectivity index (χ2v) is 11.1. The SMILES string of the molecule is CC(C)(C)c1cc(O)cc(Cl)c1.CC1=[C-]C(C)C(C)=C1C.Cl.Cl.[Ti+]=[C](c1ccccc1)c1ccccc1. The van der Waals surface area contributed by atoms with E-state index in [0.717, 1.165) is 5.56 Å². The Bertz CT molecular complexity index is 1130. The number of phenolic OH excluding ortho intramolecular Hbond substituents is 1. The van der Waals surface area contributed by atoms with Gasteiger partial charge in [0.05, 0.1) is 0 Å². The fraction of sp³-hybridized carbons (Fsp3) is 0.281. The van der Waals surface area contributed by atoms with Crippen molar-refractivity contribution in [2.24, 2.45) is 5.92 Å². The van der Waals surface area contributed by atoms with Crippen molar-refractivity contribution in [3.8, 4) is 5.75 Å². The van der Waals surface area contributed by atoms with Crippen LogP contribution in [-0.4, -0.2) is 8.92 Å². The summed E-state index contributed by atoms with van der Waals surface area (Å²) in [5.41, 5.74) is 7.91. The minimum absolute atomic E-state index is 0. The quantitative estimate of drug-likeness (QED) is 0.232. The molecule has 1 atom stereocenters. The van der Waals surface area contributed by atoms with Crippen molar-refractivity contribution < 1.29 is 25.1 Å². The second-order valence-electron chi connectivity index (χ2n) is 9.85. The van der Waals surface area contributed by atoms with Gasteiger partial charge in [-0.2, -0.15) is 11.1 Å². The molecule has 197 valence electrons. The Morgan fingerprint density at radius 2 is 1.30 bits per heavy atom. The van der Waals surface area contributed by atoms with Crippen molar-refractivity contribution in [3.05, 3.63) is 123 Å². The Balaban J connectivity index is 0.000000523. The van der Waals surface area contributed by atoms with Gasteiger partial charge >= 0.3 is 95.6 Å². The van der Waals surface area contributed by atoms with Crippen LogP contribution in [0.1, 0.15) is 65.2 Å². The number of benzene rings is 3. The van der Waals surface area contributed by atoms with Crippen molar-refractivity contribution >= 4 is 40.2 Å². The fourth-order valence-electron chi connectivity index (χ4n) is 3.55. The molecule has 0 aromatic heterocycles. The van der Waals surface area contributed by atoms with E-state index >= 15 is 0 Å². The van der Waals surface area contributed by atoms with Crippen molar-refractivity contribution in [1.82, 2.24) is 0 Å². The van der Waals surface area contributed by atoms with E-state index in [0.29, 0.717) is 10.9 Å². The Morgan fingerprint density at radius 1 is 0.838 bits per heavy atom. The van der Waals surface area contributed by atoms with Gasteiger partial charge in [0, 0.05) is 5.02 Å². The van der Waals surface area contributed by atoms with Gasteiger partial charge in [0.15, 0.2) is 0 Å². The summed E-state index contributed by atoms with van der Waals surface area (Å²) in [5, 5.41) is 9.86. The molecule has 0 radical (unpaired) electrons. The Kier molecular flexibility index (Phi) is 15.7. The first-order valence-electron chi connectivity index (χ1n) is 11.9. The van der Waals surface area contributed by atoms with Crippen LogP contribution < -0.4 is 0 Å². The topological polar surface area (TPSA) is 20.2 Å². The van der Waals surface area contributed by atoms with Crippen LogP contribution in [0.15, 0.2) is 95.6 Å². The van der Waals surface area contributed by atoms with Crippen LogP contribution in [0.4, 0.5) is 0 Å². The summed E-state index contributed by atoms with van der Waals surface area (Å²) in [6, 6.07) is 26.1. The van der Waals surface area contributed by atoms with Gasteiger partial charge in [-0.1, -0.05) is 59.1 Å². The van der Waals surface area contributed by atoms with Crippen molar-refractivity contribution in [2.75, 3.05) is 0 Å². The molecule has 3 aromatic rings. The monoisotopic (exact) mass is 591 g/mol. The molecule has 0 heterocycles. The zero-order valence-electron chi connectivity index (χ0n) is 22.7. The summed E-state index contributed by atoms with van der Waals surface area (Å²) in [6.45, 7) is 14.9. The zero-order valence-corrected chi connectivity index (χ0v) is 26.7. The van der Waals surface area contributed by atoms with E-state index in [1.807, 2.05) is 18.2 Å². The van der Waals surface area contributed by atoms with Crippen LogP contribution in [-0.2, 0) is 25.4 Å². The predicted molar refractivity (Wildman–Crippen MR) is 162 cm³/mol. The molecule has 0 saturated carbocycles. The van der Waals surface area contributed by atoms with E-state index in [2.05, 4.69) is 123 Å². The first kappa shape index (κ1) is 35.4. The number of aromatic hydroxyl groups is 1. The molecule has 0 saturated heterocycles. The Morgan fingerprint density at radius 3 is 1.59 bits per heavy atom. The number of halogens is 3. The third kappa shape index (κ3) is 11.3. The molecular formula is C32H38Cl3OTi. The van der Waals surface area contributed by atoms with Crippen LogP contribution in [0.5, 0.6) is 5.75 Å². The maximum absolute atomic E-state index is 9.27. The van der Waals surface area contributed by atoms with E-state index in [-0.39, 0.29) is 36.0 Å². The molecule has 1 unspecified atom stereocenters. The minimum atomic E-state index is 0. The molecule has 1 aliphatic rings. The van der Waals surface area contributed by atoms with E-state index in [4.69, 9.17) is 11.6 Å². The Labute approximate surface area is 252 Å². The van der Waals surface area contributed by atoms with Gasteiger partial charge in [0.1, 0.15) is 5.75 Å². The van der Waals surface area contributed by atoms with Gasteiger partial charge in [-0.3, -0.25) is 6.08 Å². The van der Waals surface area contributed by atoms with Gasteiger partial charge in [0.25, 0.3) is 0 Å². The van der Waals surface area contributed by atoms with Crippen LogP contribution in [0.3, 0.4) is 0 Å². The third-order valence-corrected chi connectivity index (χ3v) is 7.23. The maximum atomic E-state index is 9.27. The van der Waals surface area contributed by atoms with Gasteiger partial charge in [-0.15, -0.1) is 31.7 Å². The number of hydrogen-bond acceptors (Lipinski definition) is 1. The molecule has 4 rings (SSSR count). The molecule has 0 bridgehead atoms. The average Bonchev–Trinajstić information content (AvgIpc) is 3.04. The number of allylic oxidation sites excluding steroid dienone is 4. The standard InChI is InChI=1S/C13H10.C10H13ClO.C9H13.2ClH.Ti/c1-3-7-12(8-4-1)11-13-9-5-2-6-10-13;1-10(2,3)7-4-8(11)6-9(12)5-7;1-6-5-7(2)9(4)8(6)3;;;/h1-10H;4-6,12H,1-3H3;6H,1-4H3;2*1H;/q;;-1;;;+1. The van der Waals surface area contributed by atoms with Crippen LogP contribution in [0.25, 0.3) is 0 Å². The van der Waals surface area contributed by atoms with Crippen molar-refractivity contribution in [2.45, 2.75) is 53.9 Å². The number of rotatable bonds is 2. The van der Waals surface area contributed by atoms with Gasteiger partial charge < -0.3 is 5.11 Å². The molecule has 37 heavy (non-hydrogen) atoms. The van der Waals surface area contributed by atoms with E-state index < -0.39 is 0 Å². The number of phenols is 1. The second kappa shape index (κ2) is 16.4. The summed E-state index contributed by atoms with van der Waals surface area (Å²) >= 11 is 7.95. The van der Waals surface area contributed by atoms with Crippen LogP contribution >= 0.6 is 36.4 Å². The molecule has 1 aliphatic carbocycles. The summed E-state index contributed by atoms with van der Waals surface area (Å²) in [7, 11) is 0. The molecule has 3 aromatic carbocycles. The first-order chi connectivity index (χ1) is 16.4. The van der Waals surface area contributed by atoms with Gasteiger partial charge in [0.2, 0.25) is 0 Å². The van der Waals surface area contributed by atoms with Crippen molar-refractivity contribution in [3.63, 3.8) is 0 Å². The van der Waals surface area contributed by atoms with Crippen molar-refractivity contribution in [1.29, 1.82) is 0 Å². The molecule has 0 aliphatic heterocycles.